The number of aromatic hydroxyl groups is 1. The second-order valence-corrected chi connectivity index (χ2v) is 5.57. The van der Waals surface area contributed by atoms with Crippen molar-refractivity contribution in [3.63, 3.8) is 0 Å². The fraction of sp³-hybridized carbons (Fsp3) is 0. The minimum Gasteiger partial charge on any atom is -0.505 e. The van der Waals surface area contributed by atoms with E-state index in [4.69, 9.17) is 11.6 Å². The molecule has 0 aliphatic carbocycles. The maximum Gasteiger partial charge on any atom is 0.274 e. The number of nitrogens with zero attached hydrogens (tertiary/aromatic N) is 2. The molecule has 112 valence electrons. The molecule has 0 saturated carbocycles. The molecular formula is C13H9ClN4O3S. The van der Waals surface area contributed by atoms with E-state index >= 15 is 0 Å². The number of phenols is 1. The van der Waals surface area contributed by atoms with E-state index < -0.39 is 4.92 Å². The fourth-order valence-corrected chi connectivity index (χ4v) is 2.75. The molecule has 2 aromatic carbocycles. The lowest BCUT2D eigenvalue weighted by Gasteiger charge is -2.19. The Morgan fingerprint density at radius 2 is 2.14 bits per heavy atom. The zero-order chi connectivity index (χ0) is 15.7. The van der Waals surface area contributed by atoms with Gasteiger partial charge in [-0.2, -0.15) is 4.40 Å². The van der Waals surface area contributed by atoms with Crippen LogP contribution in [0.15, 0.2) is 45.7 Å². The zero-order valence-corrected chi connectivity index (χ0v) is 12.5. The van der Waals surface area contributed by atoms with E-state index in [2.05, 4.69) is 15.0 Å². The monoisotopic (exact) mass is 336 g/mol. The lowest BCUT2D eigenvalue weighted by atomic mass is 10.2. The first kappa shape index (κ1) is 14.5. The molecule has 7 nitrogen and oxygen atoms in total. The highest BCUT2D eigenvalue weighted by Gasteiger charge is 2.21. The van der Waals surface area contributed by atoms with Crippen LogP contribution in [0.4, 0.5) is 17.1 Å². The van der Waals surface area contributed by atoms with E-state index in [1.54, 1.807) is 18.2 Å². The Balaban J connectivity index is 1.86. The van der Waals surface area contributed by atoms with Gasteiger partial charge in [0.1, 0.15) is 5.75 Å². The normalized spacial score (nSPS) is 12.9. The predicted molar refractivity (Wildman–Crippen MR) is 86.8 cm³/mol. The molecule has 0 spiro atoms. The van der Waals surface area contributed by atoms with Gasteiger partial charge < -0.3 is 15.7 Å². The maximum absolute atomic E-state index is 10.8. The van der Waals surface area contributed by atoms with Gasteiger partial charge >= 0.3 is 0 Å². The van der Waals surface area contributed by atoms with E-state index in [1.165, 1.54) is 6.07 Å². The van der Waals surface area contributed by atoms with Crippen LogP contribution >= 0.6 is 23.5 Å². The summed E-state index contributed by atoms with van der Waals surface area (Å²) < 4.78 is 4.17. The number of benzene rings is 2. The first-order chi connectivity index (χ1) is 10.5. The average Bonchev–Trinajstić information content (AvgIpc) is 2.50. The van der Waals surface area contributed by atoms with Gasteiger partial charge in [0.15, 0.2) is 0 Å². The van der Waals surface area contributed by atoms with Crippen LogP contribution in [-0.2, 0) is 0 Å². The lowest BCUT2D eigenvalue weighted by Crippen LogP contribution is -2.24. The number of phenolic OH excluding ortho intramolecular Hbond substituents is 1. The predicted octanol–water partition coefficient (Wildman–Crippen LogP) is 3.85. The Labute approximate surface area is 134 Å². The summed E-state index contributed by atoms with van der Waals surface area (Å²) in [5, 5.41) is 27.1. The summed E-state index contributed by atoms with van der Waals surface area (Å²) in [6.45, 7) is 0. The summed E-state index contributed by atoms with van der Waals surface area (Å²) in [4.78, 5) is 10.7. The van der Waals surface area contributed by atoms with Gasteiger partial charge in [-0.3, -0.25) is 10.1 Å². The molecule has 0 bridgehead atoms. The van der Waals surface area contributed by atoms with Crippen molar-refractivity contribution in [1.82, 2.24) is 0 Å². The second kappa shape index (κ2) is 5.74. The van der Waals surface area contributed by atoms with Gasteiger partial charge in [0, 0.05) is 18.0 Å². The topological polar surface area (TPSA) is 99.8 Å². The van der Waals surface area contributed by atoms with Crippen LogP contribution in [0.25, 0.3) is 0 Å². The molecule has 0 radical (unpaired) electrons. The number of rotatable bonds is 2. The van der Waals surface area contributed by atoms with Gasteiger partial charge in [-0.15, -0.1) is 0 Å². The van der Waals surface area contributed by atoms with Crippen LogP contribution in [-0.4, -0.2) is 16.0 Å². The molecule has 2 aromatic rings. The van der Waals surface area contributed by atoms with Crippen LogP contribution in [0.3, 0.4) is 0 Å². The number of fused-ring (bicyclic) bond motifs is 1. The van der Waals surface area contributed by atoms with Crippen LogP contribution in [0.1, 0.15) is 0 Å². The fourth-order valence-electron chi connectivity index (χ4n) is 1.87. The van der Waals surface area contributed by atoms with Gasteiger partial charge in [-0.05, 0) is 12.1 Å². The molecule has 3 rings (SSSR count). The highest BCUT2D eigenvalue weighted by atomic mass is 35.5. The van der Waals surface area contributed by atoms with Gasteiger partial charge in [0.05, 0.1) is 32.3 Å². The number of guanidine groups is 1. The lowest BCUT2D eigenvalue weighted by molar-refractivity contribution is -0.385. The molecule has 3 N–H and O–H groups in total. The number of anilines is 2. The Kier molecular flexibility index (Phi) is 3.78. The first-order valence-electron chi connectivity index (χ1n) is 6.09. The third-order valence-corrected chi connectivity index (χ3v) is 4.00. The van der Waals surface area contributed by atoms with Crippen LogP contribution < -0.4 is 10.6 Å². The number of halogens is 1. The number of nitrogens with one attached hydrogen (secondary N) is 2. The maximum atomic E-state index is 10.8. The number of nitro benzene ring substituents is 1. The van der Waals surface area contributed by atoms with Crippen molar-refractivity contribution in [3.8, 4) is 5.75 Å². The van der Waals surface area contributed by atoms with Gasteiger partial charge in [0.2, 0.25) is 5.96 Å². The minimum absolute atomic E-state index is 0.191. The summed E-state index contributed by atoms with van der Waals surface area (Å²) in [5.74, 6) is 0.153. The van der Waals surface area contributed by atoms with Gasteiger partial charge in [-0.25, -0.2) is 0 Å². The molecular weight excluding hydrogens is 328 g/mol. The Bertz CT molecular complexity index is 797. The van der Waals surface area contributed by atoms with Crippen molar-refractivity contribution in [2.75, 3.05) is 10.6 Å². The second-order valence-electron chi connectivity index (χ2n) is 4.36. The zero-order valence-electron chi connectivity index (χ0n) is 10.9. The number of non-ortho nitro benzene ring substituents is 1. The standard InChI is InChI=1S/C13H9ClN4O3S/c14-8-3-1-2-4-9(8)15-13-16-12-10(19)5-7(18(20)21)6-11(12)22-17-13/h1-6,19H,(H2,15,16,17). The highest BCUT2D eigenvalue weighted by molar-refractivity contribution is 7.98. The van der Waals surface area contributed by atoms with E-state index in [-0.39, 0.29) is 11.4 Å². The summed E-state index contributed by atoms with van der Waals surface area (Å²) in [6, 6.07) is 9.57. The average molecular weight is 337 g/mol. The quantitative estimate of drug-likeness (QED) is 0.333. The Hall–Kier alpha value is -2.45. The number of hydrogen-bond donors (Lipinski definition) is 3. The van der Waals surface area contributed by atoms with Crippen molar-refractivity contribution < 1.29 is 10.0 Å². The summed E-state index contributed by atoms with van der Waals surface area (Å²) in [7, 11) is 0. The van der Waals surface area contributed by atoms with Crippen molar-refractivity contribution in [2.45, 2.75) is 4.90 Å². The smallest absolute Gasteiger partial charge is 0.274 e. The molecule has 1 heterocycles. The Morgan fingerprint density at radius 3 is 2.86 bits per heavy atom. The molecule has 9 heteroatoms. The third-order valence-electron chi connectivity index (χ3n) is 2.88. The summed E-state index contributed by atoms with van der Waals surface area (Å²) in [5.41, 5.74) is 0.823. The molecule has 1 aliphatic heterocycles. The van der Waals surface area contributed by atoms with Gasteiger partial charge in [0.25, 0.3) is 5.69 Å². The molecule has 0 unspecified atom stereocenters. The Morgan fingerprint density at radius 1 is 1.36 bits per heavy atom. The van der Waals surface area contributed by atoms with Crippen molar-refractivity contribution >= 4 is 46.6 Å². The highest BCUT2D eigenvalue weighted by Crippen LogP contribution is 2.41. The van der Waals surface area contributed by atoms with Crippen molar-refractivity contribution in [1.29, 1.82) is 0 Å². The van der Waals surface area contributed by atoms with E-state index in [0.717, 1.165) is 18.0 Å². The number of hydrogen-bond acceptors (Lipinski definition) is 7. The molecule has 1 aliphatic rings. The van der Waals surface area contributed by atoms with Crippen LogP contribution in [0, 0.1) is 10.1 Å². The van der Waals surface area contributed by atoms with E-state index in [1.807, 2.05) is 6.07 Å². The number of para-hydroxylation sites is 1. The molecule has 0 atom stereocenters. The van der Waals surface area contributed by atoms with Gasteiger partial charge in [-0.1, -0.05) is 23.7 Å². The number of nitro groups is 1. The van der Waals surface area contributed by atoms with E-state index in [9.17, 15) is 15.2 Å². The summed E-state index contributed by atoms with van der Waals surface area (Å²) >= 11 is 7.08. The molecule has 0 fully saturated rings. The molecule has 22 heavy (non-hydrogen) atoms. The SMILES string of the molecule is O=[N+]([O-])c1cc(O)c2c(c1)SN=C(Nc1ccccc1Cl)N2. The van der Waals surface area contributed by atoms with Crippen LogP contribution in [0.2, 0.25) is 5.02 Å². The summed E-state index contributed by atoms with van der Waals surface area (Å²) in [6.07, 6.45) is 0. The van der Waals surface area contributed by atoms with Crippen molar-refractivity contribution in [3.05, 3.63) is 51.5 Å². The molecule has 0 aromatic heterocycles. The van der Waals surface area contributed by atoms with Crippen molar-refractivity contribution in [2.24, 2.45) is 4.40 Å². The molecule has 0 amide bonds. The van der Waals surface area contributed by atoms with E-state index in [0.29, 0.717) is 27.3 Å². The largest absolute Gasteiger partial charge is 0.505 e. The minimum atomic E-state index is -0.568. The van der Waals surface area contributed by atoms with Crippen LogP contribution in [0.5, 0.6) is 5.75 Å². The first-order valence-corrected chi connectivity index (χ1v) is 7.25. The third kappa shape index (κ3) is 2.78. The molecule has 0 saturated heterocycles.